The summed E-state index contributed by atoms with van der Waals surface area (Å²) in [6.45, 7) is 0.543. The molecule has 2 rings (SSSR count). The fourth-order valence-electron chi connectivity index (χ4n) is 2.14. The number of amides is 1. The molecule has 8 nitrogen and oxygen atoms in total. The van der Waals surface area contributed by atoms with Crippen molar-refractivity contribution < 1.29 is 19.2 Å². The Morgan fingerprint density at radius 1 is 1.16 bits per heavy atom. The molecule has 0 saturated heterocycles. The van der Waals surface area contributed by atoms with E-state index < -0.39 is 10.8 Å². The lowest BCUT2D eigenvalue weighted by atomic mass is 10.1. The van der Waals surface area contributed by atoms with Gasteiger partial charge in [-0.2, -0.15) is 0 Å². The Morgan fingerprint density at radius 3 is 2.44 bits per heavy atom. The highest BCUT2D eigenvalue weighted by Crippen LogP contribution is 2.24. The molecule has 0 aliphatic carbocycles. The van der Waals surface area contributed by atoms with Crippen molar-refractivity contribution in [2.75, 3.05) is 32.6 Å². The van der Waals surface area contributed by atoms with Gasteiger partial charge in [-0.25, -0.2) is 0 Å². The largest absolute Gasteiger partial charge is 0.497 e. The van der Waals surface area contributed by atoms with Crippen LogP contribution in [0, 0.1) is 10.1 Å². The predicted octanol–water partition coefficient (Wildman–Crippen LogP) is 2.45. The molecular formula is C17H19N3O5. The zero-order valence-electron chi connectivity index (χ0n) is 13.9. The SMILES string of the molecule is CNc1ccc(C(=O)NCCOc2ccc(OC)cc2)cc1[N+](=O)[O-]. The number of ether oxygens (including phenoxy) is 2. The van der Waals surface area contributed by atoms with Crippen molar-refractivity contribution in [1.29, 1.82) is 0 Å². The van der Waals surface area contributed by atoms with Crippen molar-refractivity contribution >= 4 is 17.3 Å². The van der Waals surface area contributed by atoms with Gasteiger partial charge in [0.1, 0.15) is 23.8 Å². The summed E-state index contributed by atoms with van der Waals surface area (Å²) >= 11 is 0. The van der Waals surface area contributed by atoms with E-state index in [2.05, 4.69) is 10.6 Å². The molecule has 0 aliphatic heterocycles. The van der Waals surface area contributed by atoms with Crippen LogP contribution in [0.4, 0.5) is 11.4 Å². The number of nitro groups is 1. The molecule has 2 N–H and O–H groups in total. The summed E-state index contributed by atoms with van der Waals surface area (Å²) in [7, 11) is 3.16. The third-order valence-electron chi connectivity index (χ3n) is 3.44. The van der Waals surface area contributed by atoms with Gasteiger partial charge in [-0.15, -0.1) is 0 Å². The number of benzene rings is 2. The number of hydrogen-bond donors (Lipinski definition) is 2. The molecule has 0 aliphatic rings. The van der Waals surface area contributed by atoms with E-state index in [0.29, 0.717) is 11.4 Å². The van der Waals surface area contributed by atoms with Crippen LogP contribution in [0.25, 0.3) is 0 Å². The minimum Gasteiger partial charge on any atom is -0.497 e. The number of hydrogen-bond acceptors (Lipinski definition) is 6. The second kappa shape index (κ2) is 8.53. The Kier molecular flexibility index (Phi) is 6.16. The fraction of sp³-hybridized carbons (Fsp3) is 0.235. The molecular weight excluding hydrogens is 326 g/mol. The summed E-state index contributed by atoms with van der Waals surface area (Å²) < 4.78 is 10.6. The van der Waals surface area contributed by atoms with Crippen LogP contribution in [0.1, 0.15) is 10.4 Å². The third kappa shape index (κ3) is 4.84. The monoisotopic (exact) mass is 345 g/mol. The maximum Gasteiger partial charge on any atom is 0.293 e. The van der Waals surface area contributed by atoms with Crippen LogP contribution in [-0.2, 0) is 0 Å². The van der Waals surface area contributed by atoms with Gasteiger partial charge >= 0.3 is 0 Å². The number of nitrogens with one attached hydrogen (secondary N) is 2. The molecule has 0 bridgehead atoms. The summed E-state index contributed by atoms with van der Waals surface area (Å²) in [5.41, 5.74) is 0.421. The molecule has 0 radical (unpaired) electrons. The van der Waals surface area contributed by atoms with E-state index >= 15 is 0 Å². The molecule has 25 heavy (non-hydrogen) atoms. The van der Waals surface area contributed by atoms with E-state index in [0.717, 1.165) is 5.75 Å². The lowest BCUT2D eigenvalue weighted by Gasteiger charge is -2.09. The van der Waals surface area contributed by atoms with Crippen LogP contribution in [0.3, 0.4) is 0 Å². The van der Waals surface area contributed by atoms with E-state index in [1.54, 1.807) is 38.4 Å². The molecule has 0 aromatic heterocycles. The van der Waals surface area contributed by atoms with Crippen molar-refractivity contribution in [2.45, 2.75) is 0 Å². The summed E-state index contributed by atoms with van der Waals surface area (Å²) in [6, 6.07) is 11.3. The molecule has 0 saturated carbocycles. The topological polar surface area (TPSA) is 103 Å². The minimum absolute atomic E-state index is 0.148. The number of carbonyl (C=O) groups is 1. The maximum atomic E-state index is 12.1. The van der Waals surface area contributed by atoms with E-state index in [1.807, 2.05) is 0 Å². The van der Waals surface area contributed by atoms with Crippen LogP contribution in [-0.4, -0.2) is 38.1 Å². The Bertz CT molecular complexity index is 746. The van der Waals surface area contributed by atoms with Crippen LogP contribution in [0.2, 0.25) is 0 Å². The van der Waals surface area contributed by atoms with Gasteiger partial charge in [-0.3, -0.25) is 14.9 Å². The van der Waals surface area contributed by atoms with Gasteiger partial charge in [-0.05, 0) is 36.4 Å². The van der Waals surface area contributed by atoms with E-state index in [1.165, 1.54) is 18.2 Å². The Morgan fingerprint density at radius 2 is 1.84 bits per heavy atom. The normalized spacial score (nSPS) is 10.0. The molecule has 132 valence electrons. The highest BCUT2D eigenvalue weighted by atomic mass is 16.6. The van der Waals surface area contributed by atoms with Crippen molar-refractivity contribution in [1.82, 2.24) is 5.32 Å². The van der Waals surface area contributed by atoms with Crippen molar-refractivity contribution in [3.8, 4) is 11.5 Å². The number of methoxy groups -OCH3 is 1. The molecule has 2 aromatic carbocycles. The van der Waals surface area contributed by atoms with E-state index in [9.17, 15) is 14.9 Å². The molecule has 8 heteroatoms. The average molecular weight is 345 g/mol. The Labute approximate surface area is 144 Å². The maximum absolute atomic E-state index is 12.1. The molecule has 2 aromatic rings. The number of nitrogens with zero attached hydrogens (tertiary/aromatic N) is 1. The van der Waals surface area contributed by atoms with Gasteiger partial charge in [0.15, 0.2) is 0 Å². The number of anilines is 1. The van der Waals surface area contributed by atoms with Crippen molar-refractivity contribution in [3.05, 3.63) is 58.1 Å². The fourth-order valence-corrected chi connectivity index (χ4v) is 2.14. The highest BCUT2D eigenvalue weighted by Gasteiger charge is 2.16. The lowest BCUT2D eigenvalue weighted by molar-refractivity contribution is -0.384. The zero-order chi connectivity index (χ0) is 18.2. The standard InChI is InChI=1S/C17H19N3O5/c1-18-15-8-3-12(11-16(15)20(22)23)17(21)19-9-10-25-14-6-4-13(24-2)5-7-14/h3-8,11,18H,9-10H2,1-2H3,(H,19,21). The quantitative estimate of drug-likeness (QED) is 0.433. The van der Waals surface area contributed by atoms with Gasteiger partial charge in [0.05, 0.1) is 18.6 Å². The number of carbonyl (C=O) groups excluding carboxylic acids is 1. The first-order valence-electron chi connectivity index (χ1n) is 7.56. The second-order valence-corrected chi connectivity index (χ2v) is 5.02. The summed E-state index contributed by atoms with van der Waals surface area (Å²) in [5, 5.41) is 16.4. The number of rotatable bonds is 8. The van der Waals surface area contributed by atoms with Crippen molar-refractivity contribution in [2.24, 2.45) is 0 Å². The van der Waals surface area contributed by atoms with Crippen molar-refractivity contribution in [3.63, 3.8) is 0 Å². The van der Waals surface area contributed by atoms with Crippen LogP contribution >= 0.6 is 0 Å². The van der Waals surface area contributed by atoms with Crippen LogP contribution < -0.4 is 20.1 Å². The molecule has 0 heterocycles. The minimum atomic E-state index is -0.532. The first kappa shape index (κ1) is 18.1. The molecule has 0 atom stereocenters. The van der Waals surface area contributed by atoms with Gasteiger partial charge in [-0.1, -0.05) is 0 Å². The van der Waals surface area contributed by atoms with E-state index in [4.69, 9.17) is 9.47 Å². The zero-order valence-corrected chi connectivity index (χ0v) is 13.9. The summed E-state index contributed by atoms with van der Waals surface area (Å²) in [5.74, 6) is 0.986. The molecule has 0 unspecified atom stereocenters. The smallest absolute Gasteiger partial charge is 0.293 e. The number of nitro benzene ring substituents is 1. The van der Waals surface area contributed by atoms with Crippen LogP contribution in [0.5, 0.6) is 11.5 Å². The first-order valence-corrected chi connectivity index (χ1v) is 7.56. The summed E-state index contributed by atoms with van der Waals surface area (Å²) in [4.78, 5) is 22.6. The molecule has 1 amide bonds. The van der Waals surface area contributed by atoms with Crippen LogP contribution in [0.15, 0.2) is 42.5 Å². The van der Waals surface area contributed by atoms with E-state index in [-0.39, 0.29) is 24.4 Å². The highest BCUT2D eigenvalue weighted by molar-refractivity contribution is 5.95. The second-order valence-electron chi connectivity index (χ2n) is 5.02. The molecule has 0 fully saturated rings. The lowest BCUT2D eigenvalue weighted by Crippen LogP contribution is -2.28. The Hall–Kier alpha value is -3.29. The average Bonchev–Trinajstić information content (AvgIpc) is 2.64. The van der Waals surface area contributed by atoms with Gasteiger partial charge in [0.25, 0.3) is 11.6 Å². The first-order chi connectivity index (χ1) is 12.0. The molecule has 0 spiro atoms. The van der Waals surface area contributed by atoms with Gasteiger partial charge in [0, 0.05) is 18.7 Å². The van der Waals surface area contributed by atoms with Gasteiger partial charge < -0.3 is 20.1 Å². The third-order valence-corrected chi connectivity index (χ3v) is 3.44. The van der Waals surface area contributed by atoms with Gasteiger partial charge in [0.2, 0.25) is 0 Å². The predicted molar refractivity (Wildman–Crippen MR) is 93.5 cm³/mol. The summed E-state index contributed by atoms with van der Waals surface area (Å²) in [6.07, 6.45) is 0. The Balaban J connectivity index is 1.87.